The first-order chi connectivity index (χ1) is 8.33. The first-order valence-electron chi connectivity index (χ1n) is 6.57. The highest BCUT2D eigenvalue weighted by atomic mass is 15.2. The van der Waals surface area contributed by atoms with Crippen LogP contribution in [0.4, 0.5) is 5.82 Å². The van der Waals surface area contributed by atoms with Crippen LogP contribution in [-0.2, 0) is 12.8 Å². The van der Waals surface area contributed by atoms with E-state index in [4.69, 9.17) is 0 Å². The van der Waals surface area contributed by atoms with Crippen molar-refractivity contribution in [1.29, 1.82) is 0 Å². The van der Waals surface area contributed by atoms with Gasteiger partial charge in [0.15, 0.2) is 0 Å². The topological polar surface area (TPSA) is 41.0 Å². The molecule has 0 unspecified atom stereocenters. The molecule has 0 bridgehead atoms. The fourth-order valence-electron chi connectivity index (χ4n) is 2.33. The summed E-state index contributed by atoms with van der Waals surface area (Å²) >= 11 is 0. The van der Waals surface area contributed by atoms with Crippen molar-refractivity contribution in [2.24, 2.45) is 0 Å². The highest BCUT2D eigenvalue weighted by Crippen LogP contribution is 2.26. The second-order valence-corrected chi connectivity index (χ2v) is 4.65. The van der Waals surface area contributed by atoms with Crippen LogP contribution in [-0.4, -0.2) is 36.6 Å². The smallest absolute Gasteiger partial charge is 0.135 e. The van der Waals surface area contributed by atoms with Gasteiger partial charge in [0.25, 0.3) is 0 Å². The monoisotopic (exact) mass is 234 g/mol. The first kappa shape index (κ1) is 12.3. The van der Waals surface area contributed by atoms with E-state index in [2.05, 4.69) is 34.2 Å². The van der Waals surface area contributed by atoms with Gasteiger partial charge in [-0.3, -0.25) is 0 Å². The molecule has 0 aliphatic heterocycles. The van der Waals surface area contributed by atoms with E-state index in [0.717, 1.165) is 38.3 Å². The quantitative estimate of drug-likeness (QED) is 0.755. The molecule has 1 heterocycles. The molecule has 0 saturated heterocycles. The average Bonchev–Trinajstić information content (AvgIpc) is 2.82. The van der Waals surface area contributed by atoms with E-state index in [9.17, 15) is 0 Å². The van der Waals surface area contributed by atoms with Crippen molar-refractivity contribution < 1.29 is 0 Å². The number of hydrogen-bond donors (Lipinski definition) is 1. The summed E-state index contributed by atoms with van der Waals surface area (Å²) in [6.07, 6.45) is 6.37. The van der Waals surface area contributed by atoms with Crippen molar-refractivity contribution in [1.82, 2.24) is 15.3 Å². The number of hydrogen-bond acceptors (Lipinski definition) is 4. The molecule has 0 aromatic carbocycles. The molecule has 0 saturated carbocycles. The lowest BCUT2D eigenvalue weighted by Crippen LogP contribution is -2.30. The predicted octanol–water partition coefficient (Wildman–Crippen LogP) is 1.40. The standard InChI is InChI=1S/C13H22N4/c1-3-7-14-8-9-17(2)13-11-5-4-6-12(11)15-10-16-13/h10,14H,3-9H2,1-2H3. The molecule has 0 fully saturated rings. The number of aryl methyl sites for hydroxylation is 1. The summed E-state index contributed by atoms with van der Waals surface area (Å²) in [5.41, 5.74) is 2.62. The highest BCUT2D eigenvalue weighted by Gasteiger charge is 2.18. The van der Waals surface area contributed by atoms with Gasteiger partial charge in [0.2, 0.25) is 0 Å². The molecular formula is C13H22N4. The summed E-state index contributed by atoms with van der Waals surface area (Å²) < 4.78 is 0. The van der Waals surface area contributed by atoms with Crippen LogP contribution < -0.4 is 10.2 Å². The highest BCUT2D eigenvalue weighted by molar-refractivity contribution is 5.49. The Hall–Kier alpha value is -1.16. The van der Waals surface area contributed by atoms with Gasteiger partial charge < -0.3 is 10.2 Å². The Kier molecular flexibility index (Phi) is 4.31. The van der Waals surface area contributed by atoms with Gasteiger partial charge in [0.1, 0.15) is 12.1 Å². The van der Waals surface area contributed by atoms with Gasteiger partial charge >= 0.3 is 0 Å². The van der Waals surface area contributed by atoms with E-state index in [0.29, 0.717) is 0 Å². The van der Waals surface area contributed by atoms with Gasteiger partial charge in [-0.15, -0.1) is 0 Å². The SMILES string of the molecule is CCCNCCN(C)c1ncnc2c1CCC2. The maximum absolute atomic E-state index is 4.44. The van der Waals surface area contributed by atoms with E-state index in [-0.39, 0.29) is 0 Å². The zero-order chi connectivity index (χ0) is 12.1. The zero-order valence-corrected chi connectivity index (χ0v) is 10.9. The summed E-state index contributed by atoms with van der Waals surface area (Å²) in [5, 5.41) is 3.42. The summed E-state index contributed by atoms with van der Waals surface area (Å²) in [6.45, 7) is 5.30. The summed E-state index contributed by atoms with van der Waals surface area (Å²) in [6, 6.07) is 0. The molecule has 0 spiro atoms. The molecule has 4 heteroatoms. The molecule has 4 nitrogen and oxygen atoms in total. The minimum atomic E-state index is 1.00. The maximum Gasteiger partial charge on any atom is 0.135 e. The molecule has 1 N–H and O–H groups in total. The molecule has 1 aliphatic rings. The van der Waals surface area contributed by atoms with E-state index < -0.39 is 0 Å². The van der Waals surface area contributed by atoms with Crippen LogP contribution in [0.2, 0.25) is 0 Å². The van der Waals surface area contributed by atoms with E-state index in [1.54, 1.807) is 6.33 Å². The number of nitrogens with one attached hydrogen (secondary N) is 1. The molecule has 1 aromatic rings. The molecule has 2 rings (SSSR count). The third-order valence-electron chi connectivity index (χ3n) is 3.26. The third kappa shape index (κ3) is 2.94. The number of fused-ring (bicyclic) bond motifs is 1. The molecule has 17 heavy (non-hydrogen) atoms. The maximum atomic E-state index is 4.44. The minimum Gasteiger partial charge on any atom is -0.358 e. The Morgan fingerprint density at radius 1 is 1.29 bits per heavy atom. The van der Waals surface area contributed by atoms with Crippen molar-refractivity contribution in [3.63, 3.8) is 0 Å². The van der Waals surface area contributed by atoms with Crippen LogP contribution in [0.1, 0.15) is 31.0 Å². The normalized spacial score (nSPS) is 13.8. The number of nitrogens with zero attached hydrogens (tertiary/aromatic N) is 3. The van der Waals surface area contributed by atoms with Gasteiger partial charge in [-0.1, -0.05) is 6.92 Å². The van der Waals surface area contributed by atoms with E-state index in [1.807, 2.05) is 0 Å². The van der Waals surface area contributed by atoms with Crippen molar-refractivity contribution >= 4 is 5.82 Å². The zero-order valence-electron chi connectivity index (χ0n) is 10.9. The average molecular weight is 234 g/mol. The number of rotatable bonds is 6. The van der Waals surface area contributed by atoms with Crippen molar-refractivity contribution in [3.8, 4) is 0 Å². The lowest BCUT2D eigenvalue weighted by molar-refractivity contribution is 0.662. The lowest BCUT2D eigenvalue weighted by Gasteiger charge is -2.20. The Morgan fingerprint density at radius 3 is 3.00 bits per heavy atom. The van der Waals surface area contributed by atoms with Gasteiger partial charge in [-0.2, -0.15) is 0 Å². The summed E-state index contributed by atoms with van der Waals surface area (Å²) in [7, 11) is 2.12. The van der Waals surface area contributed by atoms with E-state index >= 15 is 0 Å². The predicted molar refractivity (Wildman–Crippen MR) is 70.5 cm³/mol. The fourth-order valence-corrected chi connectivity index (χ4v) is 2.33. The Bertz CT molecular complexity index is 364. The molecule has 1 aromatic heterocycles. The largest absolute Gasteiger partial charge is 0.358 e. The van der Waals surface area contributed by atoms with Crippen LogP contribution in [0.5, 0.6) is 0 Å². The van der Waals surface area contributed by atoms with Gasteiger partial charge in [-0.25, -0.2) is 9.97 Å². The van der Waals surface area contributed by atoms with Crippen LogP contribution in [0.3, 0.4) is 0 Å². The van der Waals surface area contributed by atoms with Crippen LogP contribution in [0, 0.1) is 0 Å². The number of likely N-dealkylation sites (N-methyl/N-ethyl adjacent to an activating group) is 1. The third-order valence-corrected chi connectivity index (χ3v) is 3.26. The molecule has 0 radical (unpaired) electrons. The second-order valence-electron chi connectivity index (χ2n) is 4.65. The molecule has 0 atom stereocenters. The number of anilines is 1. The van der Waals surface area contributed by atoms with Gasteiger partial charge in [0.05, 0.1) is 0 Å². The Morgan fingerprint density at radius 2 is 2.18 bits per heavy atom. The first-order valence-corrected chi connectivity index (χ1v) is 6.57. The van der Waals surface area contributed by atoms with Crippen molar-refractivity contribution in [3.05, 3.63) is 17.6 Å². The van der Waals surface area contributed by atoms with Crippen LogP contribution in [0.25, 0.3) is 0 Å². The molecule has 1 aliphatic carbocycles. The van der Waals surface area contributed by atoms with Crippen LogP contribution >= 0.6 is 0 Å². The van der Waals surface area contributed by atoms with Gasteiger partial charge in [0, 0.05) is 31.4 Å². The Labute approximate surface area is 103 Å². The van der Waals surface area contributed by atoms with E-state index in [1.165, 1.54) is 24.1 Å². The van der Waals surface area contributed by atoms with Gasteiger partial charge in [-0.05, 0) is 32.2 Å². The summed E-state index contributed by atoms with van der Waals surface area (Å²) in [4.78, 5) is 11.0. The summed E-state index contributed by atoms with van der Waals surface area (Å²) in [5.74, 6) is 1.13. The lowest BCUT2D eigenvalue weighted by atomic mass is 10.2. The van der Waals surface area contributed by atoms with Crippen molar-refractivity contribution in [2.75, 3.05) is 31.6 Å². The molecular weight excluding hydrogens is 212 g/mol. The number of aromatic nitrogens is 2. The fraction of sp³-hybridized carbons (Fsp3) is 0.692. The minimum absolute atomic E-state index is 1.00. The Balaban J connectivity index is 1.95. The van der Waals surface area contributed by atoms with Crippen molar-refractivity contribution in [2.45, 2.75) is 32.6 Å². The molecule has 0 amide bonds. The second kappa shape index (κ2) is 5.96. The molecule has 94 valence electrons. The van der Waals surface area contributed by atoms with Crippen LogP contribution in [0.15, 0.2) is 6.33 Å².